The Hall–Kier alpha value is -3.38. The predicted octanol–water partition coefficient (Wildman–Crippen LogP) is 3.47. The lowest BCUT2D eigenvalue weighted by molar-refractivity contribution is 0.0561. The van der Waals surface area contributed by atoms with E-state index in [1.165, 1.54) is 0 Å². The number of carbonyl (C=O) groups excluding carboxylic acids is 1. The third-order valence-electron chi connectivity index (χ3n) is 3.54. The number of benzene rings is 1. The standard InChI is InChI=1S/C15H8F7N5O/c16-9-6(10(17)12(19)13(20)11(9)18)5-26-3-2-8(25-26)23-14(28)7-1-4-27(24-7)15(21)22/h1-4,15H,5H2,(H,23,25,28). The maximum Gasteiger partial charge on any atom is 0.333 e. The number of alkyl halides is 2. The molecule has 148 valence electrons. The second-order valence-electron chi connectivity index (χ2n) is 5.36. The Bertz CT molecular complexity index is 1020. The number of aromatic nitrogens is 4. The maximum absolute atomic E-state index is 13.7. The van der Waals surface area contributed by atoms with Crippen LogP contribution in [0.15, 0.2) is 24.5 Å². The molecule has 2 aromatic heterocycles. The zero-order valence-corrected chi connectivity index (χ0v) is 13.4. The first kappa shape index (κ1) is 19.4. The van der Waals surface area contributed by atoms with Gasteiger partial charge in [0, 0.05) is 18.5 Å². The third-order valence-corrected chi connectivity index (χ3v) is 3.54. The molecule has 6 nitrogen and oxygen atoms in total. The Kier molecular flexibility index (Phi) is 5.07. The summed E-state index contributed by atoms with van der Waals surface area (Å²) in [6.07, 6.45) is 1.98. The van der Waals surface area contributed by atoms with Gasteiger partial charge in [-0.15, -0.1) is 0 Å². The number of nitrogens with zero attached hydrogens (tertiary/aromatic N) is 4. The van der Waals surface area contributed by atoms with E-state index in [4.69, 9.17) is 0 Å². The Morgan fingerprint density at radius 1 is 0.929 bits per heavy atom. The molecule has 0 unspecified atom stereocenters. The van der Waals surface area contributed by atoms with Crippen molar-refractivity contribution in [1.82, 2.24) is 19.6 Å². The van der Waals surface area contributed by atoms with Crippen molar-refractivity contribution in [3.63, 3.8) is 0 Å². The van der Waals surface area contributed by atoms with Gasteiger partial charge in [-0.05, 0) is 6.07 Å². The molecule has 2 heterocycles. The molecule has 28 heavy (non-hydrogen) atoms. The van der Waals surface area contributed by atoms with E-state index in [0.717, 1.165) is 29.2 Å². The summed E-state index contributed by atoms with van der Waals surface area (Å²) in [6.45, 7) is -3.76. The van der Waals surface area contributed by atoms with Crippen molar-refractivity contribution in [2.24, 2.45) is 0 Å². The second-order valence-corrected chi connectivity index (χ2v) is 5.36. The molecule has 0 spiro atoms. The molecule has 0 saturated carbocycles. The van der Waals surface area contributed by atoms with E-state index in [9.17, 15) is 35.5 Å². The molecule has 0 aliphatic heterocycles. The van der Waals surface area contributed by atoms with Crippen molar-refractivity contribution in [2.75, 3.05) is 5.32 Å². The molecule has 1 aromatic carbocycles. The van der Waals surface area contributed by atoms with Gasteiger partial charge in [0.05, 0.1) is 12.1 Å². The highest BCUT2D eigenvalue weighted by Gasteiger charge is 2.26. The Labute approximate surface area is 151 Å². The quantitative estimate of drug-likeness (QED) is 0.400. The molecule has 0 fully saturated rings. The van der Waals surface area contributed by atoms with Gasteiger partial charge < -0.3 is 5.32 Å². The van der Waals surface area contributed by atoms with Gasteiger partial charge >= 0.3 is 6.55 Å². The van der Waals surface area contributed by atoms with Gasteiger partial charge in [0.25, 0.3) is 5.91 Å². The van der Waals surface area contributed by atoms with Crippen LogP contribution in [0.25, 0.3) is 0 Å². The lowest BCUT2D eigenvalue weighted by Crippen LogP contribution is -2.15. The zero-order chi connectivity index (χ0) is 20.6. The molecule has 0 atom stereocenters. The van der Waals surface area contributed by atoms with Gasteiger partial charge in [-0.3, -0.25) is 9.48 Å². The highest BCUT2D eigenvalue weighted by Crippen LogP contribution is 2.24. The lowest BCUT2D eigenvalue weighted by atomic mass is 10.1. The first-order valence-electron chi connectivity index (χ1n) is 7.37. The van der Waals surface area contributed by atoms with E-state index in [0.29, 0.717) is 0 Å². The number of carbonyl (C=O) groups is 1. The number of amides is 1. The molecule has 0 aliphatic carbocycles. The molecule has 13 heteroatoms. The zero-order valence-electron chi connectivity index (χ0n) is 13.4. The summed E-state index contributed by atoms with van der Waals surface area (Å²) < 4.78 is 92.8. The first-order valence-corrected chi connectivity index (χ1v) is 7.37. The fraction of sp³-hybridized carbons (Fsp3) is 0.133. The van der Waals surface area contributed by atoms with E-state index in [-0.39, 0.29) is 16.2 Å². The van der Waals surface area contributed by atoms with Crippen molar-refractivity contribution >= 4 is 11.7 Å². The summed E-state index contributed by atoms with van der Waals surface area (Å²) in [5.41, 5.74) is -1.47. The summed E-state index contributed by atoms with van der Waals surface area (Å²) in [4.78, 5) is 11.9. The lowest BCUT2D eigenvalue weighted by Gasteiger charge is -2.08. The maximum atomic E-state index is 13.7. The number of nitrogens with one attached hydrogen (secondary N) is 1. The van der Waals surface area contributed by atoms with Crippen LogP contribution in [-0.2, 0) is 6.54 Å². The summed E-state index contributed by atoms with van der Waals surface area (Å²) in [7, 11) is 0. The van der Waals surface area contributed by atoms with Gasteiger partial charge in [-0.25, -0.2) is 26.6 Å². The van der Waals surface area contributed by atoms with E-state index < -0.39 is 53.7 Å². The van der Waals surface area contributed by atoms with Gasteiger partial charge in [0.15, 0.2) is 34.8 Å². The topological polar surface area (TPSA) is 64.7 Å². The normalized spacial score (nSPS) is 11.3. The molecule has 1 N–H and O–H groups in total. The number of rotatable bonds is 5. The molecule has 0 radical (unpaired) electrons. The molecule has 0 bridgehead atoms. The third kappa shape index (κ3) is 3.54. The first-order chi connectivity index (χ1) is 13.2. The summed E-state index contributed by atoms with van der Waals surface area (Å²) in [5.74, 6) is -11.5. The van der Waals surface area contributed by atoms with E-state index in [2.05, 4.69) is 15.5 Å². The van der Waals surface area contributed by atoms with Crippen LogP contribution in [0, 0.1) is 29.1 Å². The molecule has 3 rings (SSSR count). The summed E-state index contributed by atoms with van der Waals surface area (Å²) >= 11 is 0. The monoisotopic (exact) mass is 407 g/mol. The smallest absolute Gasteiger partial charge is 0.304 e. The molecular weight excluding hydrogens is 399 g/mol. The molecule has 0 aliphatic rings. The van der Waals surface area contributed by atoms with Crippen molar-refractivity contribution in [1.29, 1.82) is 0 Å². The SMILES string of the molecule is O=C(Nc1ccn(Cc2c(F)c(F)c(F)c(F)c2F)n1)c1ccn(C(F)F)n1. The van der Waals surface area contributed by atoms with Crippen molar-refractivity contribution in [3.8, 4) is 0 Å². The van der Waals surface area contributed by atoms with Crippen LogP contribution in [0.5, 0.6) is 0 Å². The predicted molar refractivity (Wildman–Crippen MR) is 79.0 cm³/mol. The van der Waals surface area contributed by atoms with E-state index in [1.807, 2.05) is 0 Å². The minimum Gasteiger partial charge on any atom is -0.304 e. The van der Waals surface area contributed by atoms with Crippen LogP contribution in [0.1, 0.15) is 22.6 Å². The van der Waals surface area contributed by atoms with E-state index >= 15 is 0 Å². The van der Waals surface area contributed by atoms with Gasteiger partial charge in [-0.1, -0.05) is 0 Å². The minimum atomic E-state index is -2.94. The largest absolute Gasteiger partial charge is 0.333 e. The van der Waals surface area contributed by atoms with Crippen LogP contribution in [-0.4, -0.2) is 25.5 Å². The number of halogens is 7. The van der Waals surface area contributed by atoms with Gasteiger partial charge in [0.1, 0.15) is 0 Å². The molecule has 3 aromatic rings. The number of anilines is 1. The number of hydrogen-bond donors (Lipinski definition) is 1. The van der Waals surface area contributed by atoms with Crippen LogP contribution in [0.2, 0.25) is 0 Å². The fourth-order valence-corrected chi connectivity index (χ4v) is 2.22. The Morgan fingerprint density at radius 2 is 1.54 bits per heavy atom. The molecule has 1 amide bonds. The fourth-order valence-electron chi connectivity index (χ4n) is 2.22. The van der Waals surface area contributed by atoms with Gasteiger partial charge in [0.2, 0.25) is 5.82 Å². The highest BCUT2D eigenvalue weighted by molar-refractivity contribution is 6.02. The van der Waals surface area contributed by atoms with Crippen LogP contribution in [0.4, 0.5) is 36.6 Å². The summed E-state index contributed by atoms with van der Waals surface area (Å²) in [5, 5.41) is 9.23. The van der Waals surface area contributed by atoms with E-state index in [1.54, 1.807) is 0 Å². The summed E-state index contributed by atoms with van der Waals surface area (Å²) in [6, 6.07) is 2.18. The van der Waals surface area contributed by atoms with Crippen molar-refractivity contribution in [3.05, 3.63) is 64.9 Å². The van der Waals surface area contributed by atoms with Crippen molar-refractivity contribution in [2.45, 2.75) is 13.1 Å². The Morgan fingerprint density at radius 3 is 2.11 bits per heavy atom. The minimum absolute atomic E-state index is 0.166. The molecule has 0 saturated heterocycles. The Balaban J connectivity index is 1.77. The second kappa shape index (κ2) is 7.32. The van der Waals surface area contributed by atoms with Crippen molar-refractivity contribution < 1.29 is 35.5 Å². The van der Waals surface area contributed by atoms with Gasteiger partial charge in [-0.2, -0.15) is 19.0 Å². The van der Waals surface area contributed by atoms with Crippen LogP contribution >= 0.6 is 0 Å². The number of hydrogen-bond acceptors (Lipinski definition) is 3. The average molecular weight is 407 g/mol. The highest BCUT2D eigenvalue weighted by atomic mass is 19.3. The van der Waals surface area contributed by atoms with Crippen LogP contribution in [0.3, 0.4) is 0 Å². The van der Waals surface area contributed by atoms with Crippen LogP contribution < -0.4 is 5.32 Å². The molecular formula is C15H8F7N5O. The average Bonchev–Trinajstić information content (AvgIpc) is 3.31.